The molecule has 3 heterocycles. The van der Waals surface area contributed by atoms with Gasteiger partial charge in [-0.05, 0) is 61.2 Å². The zero-order valence-corrected chi connectivity index (χ0v) is 15.0. The first-order valence-electron chi connectivity index (χ1n) is 9.20. The lowest BCUT2D eigenvalue weighted by molar-refractivity contribution is -0.134. The number of aryl methyl sites for hydroxylation is 2. The Bertz CT molecular complexity index is 829. The SMILES string of the molecule is Cc1ccnc(CC(=O)N2CCC3(CCc4cc(F)ccc4O3)CC2)c1. The van der Waals surface area contributed by atoms with Gasteiger partial charge in [-0.25, -0.2) is 4.39 Å². The van der Waals surface area contributed by atoms with Crippen LogP contribution in [0.15, 0.2) is 36.5 Å². The van der Waals surface area contributed by atoms with Crippen molar-refractivity contribution in [1.29, 1.82) is 0 Å². The Morgan fingerprint density at radius 2 is 2.04 bits per heavy atom. The molecular formula is C21H23FN2O2. The number of likely N-dealkylation sites (tertiary alicyclic amines) is 1. The fourth-order valence-corrected chi connectivity index (χ4v) is 3.97. The molecule has 0 radical (unpaired) electrons. The second-order valence-corrected chi connectivity index (χ2v) is 7.42. The minimum Gasteiger partial charge on any atom is -0.487 e. The van der Waals surface area contributed by atoms with Gasteiger partial charge in [0.25, 0.3) is 0 Å². The number of benzene rings is 1. The van der Waals surface area contributed by atoms with Gasteiger partial charge in [0.15, 0.2) is 0 Å². The third kappa shape index (κ3) is 3.43. The maximum atomic E-state index is 13.4. The van der Waals surface area contributed by atoms with E-state index in [1.165, 1.54) is 6.07 Å². The van der Waals surface area contributed by atoms with E-state index >= 15 is 0 Å². The summed E-state index contributed by atoms with van der Waals surface area (Å²) in [5, 5.41) is 0. The summed E-state index contributed by atoms with van der Waals surface area (Å²) in [6.07, 6.45) is 5.43. The number of carbonyl (C=O) groups excluding carboxylic acids is 1. The molecule has 0 atom stereocenters. The lowest BCUT2D eigenvalue weighted by Gasteiger charge is -2.44. The van der Waals surface area contributed by atoms with Gasteiger partial charge >= 0.3 is 0 Å². The number of aromatic nitrogens is 1. The second-order valence-electron chi connectivity index (χ2n) is 7.42. The number of ether oxygens (including phenoxy) is 1. The summed E-state index contributed by atoms with van der Waals surface area (Å²) in [6, 6.07) is 8.64. The van der Waals surface area contributed by atoms with Crippen LogP contribution in [0.3, 0.4) is 0 Å². The molecule has 0 saturated carbocycles. The van der Waals surface area contributed by atoms with E-state index < -0.39 is 0 Å². The van der Waals surface area contributed by atoms with Gasteiger partial charge in [-0.1, -0.05) is 0 Å². The molecule has 2 aliphatic rings. The Balaban J connectivity index is 1.38. The number of halogens is 1. The van der Waals surface area contributed by atoms with Crippen LogP contribution in [0.4, 0.5) is 4.39 Å². The van der Waals surface area contributed by atoms with E-state index in [4.69, 9.17) is 4.74 Å². The van der Waals surface area contributed by atoms with Crippen molar-refractivity contribution in [3.63, 3.8) is 0 Å². The third-order valence-electron chi connectivity index (χ3n) is 5.53. The van der Waals surface area contributed by atoms with Crippen molar-refractivity contribution in [2.75, 3.05) is 13.1 Å². The second kappa shape index (κ2) is 6.71. The van der Waals surface area contributed by atoms with Gasteiger partial charge in [-0.15, -0.1) is 0 Å². The number of piperidine rings is 1. The van der Waals surface area contributed by atoms with E-state index in [9.17, 15) is 9.18 Å². The van der Waals surface area contributed by atoms with E-state index in [1.807, 2.05) is 24.0 Å². The highest BCUT2D eigenvalue weighted by Gasteiger charge is 2.40. The summed E-state index contributed by atoms with van der Waals surface area (Å²) in [4.78, 5) is 18.8. The van der Waals surface area contributed by atoms with Crippen molar-refractivity contribution in [3.8, 4) is 5.75 Å². The van der Waals surface area contributed by atoms with Gasteiger partial charge < -0.3 is 9.64 Å². The minimum absolute atomic E-state index is 0.122. The van der Waals surface area contributed by atoms with E-state index in [2.05, 4.69) is 4.98 Å². The van der Waals surface area contributed by atoms with Gasteiger partial charge in [0.05, 0.1) is 6.42 Å². The molecule has 0 aliphatic carbocycles. The number of hydrogen-bond acceptors (Lipinski definition) is 3. The van der Waals surface area contributed by atoms with Crippen LogP contribution in [-0.4, -0.2) is 34.5 Å². The van der Waals surface area contributed by atoms with Crippen LogP contribution in [0.5, 0.6) is 5.75 Å². The Morgan fingerprint density at radius 3 is 2.81 bits per heavy atom. The summed E-state index contributed by atoms with van der Waals surface area (Å²) in [6.45, 7) is 3.40. The summed E-state index contributed by atoms with van der Waals surface area (Å²) >= 11 is 0. The van der Waals surface area contributed by atoms with Crippen LogP contribution in [0.1, 0.15) is 36.1 Å². The molecule has 0 N–H and O–H groups in total. The molecular weight excluding hydrogens is 331 g/mol. The molecule has 4 nitrogen and oxygen atoms in total. The lowest BCUT2D eigenvalue weighted by atomic mass is 9.83. The molecule has 1 saturated heterocycles. The number of amides is 1. The van der Waals surface area contributed by atoms with E-state index in [1.54, 1.807) is 18.3 Å². The molecule has 0 bridgehead atoms. The quantitative estimate of drug-likeness (QED) is 0.829. The Hall–Kier alpha value is -2.43. The number of fused-ring (bicyclic) bond motifs is 1. The maximum absolute atomic E-state index is 13.4. The largest absolute Gasteiger partial charge is 0.487 e. The summed E-state index contributed by atoms with van der Waals surface area (Å²) < 4.78 is 19.6. The zero-order chi connectivity index (χ0) is 18.1. The Labute approximate surface area is 153 Å². The van der Waals surface area contributed by atoms with Gasteiger partial charge in [0.2, 0.25) is 5.91 Å². The molecule has 1 aromatic carbocycles. The molecule has 0 unspecified atom stereocenters. The molecule has 1 fully saturated rings. The third-order valence-corrected chi connectivity index (χ3v) is 5.53. The fraction of sp³-hybridized carbons (Fsp3) is 0.429. The summed E-state index contributed by atoms with van der Waals surface area (Å²) in [5.74, 6) is 0.700. The van der Waals surface area contributed by atoms with Crippen molar-refractivity contribution in [3.05, 3.63) is 59.2 Å². The van der Waals surface area contributed by atoms with Crippen molar-refractivity contribution in [1.82, 2.24) is 9.88 Å². The predicted octanol–water partition coefficient (Wildman–Crippen LogP) is 3.46. The van der Waals surface area contributed by atoms with Crippen LogP contribution in [0.25, 0.3) is 0 Å². The average Bonchev–Trinajstić information content (AvgIpc) is 2.63. The fourth-order valence-electron chi connectivity index (χ4n) is 3.97. The molecule has 4 rings (SSSR count). The molecule has 1 spiro atoms. The lowest BCUT2D eigenvalue weighted by Crippen LogP contribution is -2.51. The standard InChI is InChI=1S/C21H23FN2O2/c1-15-5-9-23-18(12-15)14-20(25)24-10-7-21(8-11-24)6-4-16-13-17(22)2-3-19(16)26-21/h2-3,5,9,12-13H,4,6-8,10-11,14H2,1H3. The number of pyridine rings is 1. The minimum atomic E-state index is -0.219. The molecule has 26 heavy (non-hydrogen) atoms. The van der Waals surface area contributed by atoms with Gasteiger partial charge in [-0.2, -0.15) is 0 Å². The molecule has 2 aromatic rings. The first-order valence-corrected chi connectivity index (χ1v) is 9.20. The summed E-state index contributed by atoms with van der Waals surface area (Å²) in [7, 11) is 0. The van der Waals surface area contributed by atoms with Crippen LogP contribution < -0.4 is 4.74 Å². The van der Waals surface area contributed by atoms with Gasteiger partial charge in [0.1, 0.15) is 17.2 Å². The zero-order valence-electron chi connectivity index (χ0n) is 15.0. The van der Waals surface area contributed by atoms with Crippen molar-refractivity contribution < 1.29 is 13.9 Å². The van der Waals surface area contributed by atoms with Crippen molar-refractivity contribution in [2.45, 2.75) is 44.6 Å². The van der Waals surface area contributed by atoms with Crippen LogP contribution in [-0.2, 0) is 17.6 Å². The highest BCUT2D eigenvalue weighted by Crippen LogP contribution is 2.39. The smallest absolute Gasteiger partial charge is 0.228 e. The number of nitrogens with zero attached hydrogens (tertiary/aromatic N) is 2. The Kier molecular flexibility index (Phi) is 4.39. The molecule has 2 aliphatic heterocycles. The maximum Gasteiger partial charge on any atom is 0.228 e. The van der Waals surface area contributed by atoms with Crippen molar-refractivity contribution >= 4 is 5.91 Å². The Morgan fingerprint density at radius 1 is 1.23 bits per heavy atom. The highest BCUT2D eigenvalue weighted by molar-refractivity contribution is 5.78. The first-order chi connectivity index (χ1) is 12.5. The van der Waals surface area contributed by atoms with E-state index in [0.717, 1.165) is 48.3 Å². The van der Waals surface area contributed by atoms with E-state index in [-0.39, 0.29) is 17.3 Å². The topological polar surface area (TPSA) is 42.4 Å². The number of hydrogen-bond donors (Lipinski definition) is 0. The van der Waals surface area contributed by atoms with E-state index in [0.29, 0.717) is 19.5 Å². The highest BCUT2D eigenvalue weighted by atomic mass is 19.1. The predicted molar refractivity (Wildman–Crippen MR) is 96.6 cm³/mol. The normalized spacial score (nSPS) is 18.3. The van der Waals surface area contributed by atoms with Crippen LogP contribution in [0, 0.1) is 12.7 Å². The van der Waals surface area contributed by atoms with Crippen molar-refractivity contribution in [2.24, 2.45) is 0 Å². The number of carbonyl (C=O) groups is 1. The van der Waals surface area contributed by atoms with Gasteiger partial charge in [0, 0.05) is 37.8 Å². The number of rotatable bonds is 2. The van der Waals surface area contributed by atoms with Crippen LogP contribution in [0.2, 0.25) is 0 Å². The summed E-state index contributed by atoms with van der Waals surface area (Å²) in [5.41, 5.74) is 2.66. The molecule has 5 heteroatoms. The van der Waals surface area contributed by atoms with Gasteiger partial charge in [-0.3, -0.25) is 9.78 Å². The first kappa shape index (κ1) is 17.0. The average molecular weight is 354 g/mol. The monoisotopic (exact) mass is 354 g/mol. The molecule has 136 valence electrons. The molecule has 1 aromatic heterocycles. The van der Waals surface area contributed by atoms with Crippen LogP contribution >= 0.6 is 0 Å². The molecule has 1 amide bonds.